The minimum atomic E-state index is -0.304. The van der Waals surface area contributed by atoms with Gasteiger partial charge in [0.2, 0.25) is 0 Å². The first kappa shape index (κ1) is 21.1. The summed E-state index contributed by atoms with van der Waals surface area (Å²) >= 11 is 0. The molecule has 0 unspecified atom stereocenters. The molecule has 4 fully saturated rings. The summed E-state index contributed by atoms with van der Waals surface area (Å²) in [5, 5.41) is 5.78. The number of furan rings is 1. The molecule has 2 aromatic heterocycles. The molecule has 4 aliphatic carbocycles. The molecule has 0 saturated heterocycles. The third kappa shape index (κ3) is 3.71. The number of anilines is 2. The van der Waals surface area contributed by atoms with Crippen molar-refractivity contribution in [1.29, 1.82) is 0 Å². The molecule has 7 rings (SSSR count). The number of benzene rings is 1. The minimum absolute atomic E-state index is 0.0968. The molecular weight excluding hydrogens is 426 g/mol. The molecule has 6 nitrogen and oxygen atoms in total. The molecule has 34 heavy (non-hydrogen) atoms. The smallest absolute Gasteiger partial charge is 0.259 e. The fourth-order valence-corrected chi connectivity index (χ4v) is 7.00. The fraction of sp³-hybridized carbons (Fsp3) is 0.393. The molecule has 6 heteroatoms. The van der Waals surface area contributed by atoms with Gasteiger partial charge in [0.25, 0.3) is 11.8 Å². The summed E-state index contributed by atoms with van der Waals surface area (Å²) in [4.78, 5) is 30.2. The van der Waals surface area contributed by atoms with Gasteiger partial charge in [0.05, 0.1) is 28.7 Å². The number of carbonyl (C=O) groups excluding carboxylic acids is 2. The Balaban J connectivity index is 1.23. The summed E-state index contributed by atoms with van der Waals surface area (Å²) in [6.45, 7) is 1.86. The van der Waals surface area contributed by atoms with E-state index in [1.165, 1.54) is 38.5 Å². The van der Waals surface area contributed by atoms with E-state index in [4.69, 9.17) is 4.42 Å². The molecule has 0 spiro atoms. The number of hydrogen-bond acceptors (Lipinski definition) is 4. The van der Waals surface area contributed by atoms with Crippen LogP contribution in [-0.2, 0) is 5.41 Å². The van der Waals surface area contributed by atoms with Crippen LogP contribution >= 0.6 is 0 Å². The zero-order chi connectivity index (χ0) is 23.3. The van der Waals surface area contributed by atoms with Crippen molar-refractivity contribution in [3.8, 4) is 0 Å². The fourth-order valence-electron chi connectivity index (χ4n) is 7.00. The zero-order valence-corrected chi connectivity index (χ0v) is 19.3. The van der Waals surface area contributed by atoms with Crippen LogP contribution in [0.2, 0.25) is 0 Å². The van der Waals surface area contributed by atoms with E-state index in [2.05, 4.69) is 15.6 Å². The lowest BCUT2D eigenvalue weighted by Crippen LogP contribution is -2.48. The van der Waals surface area contributed by atoms with E-state index in [0.717, 1.165) is 23.5 Å². The maximum Gasteiger partial charge on any atom is 0.259 e. The molecule has 2 heterocycles. The summed E-state index contributed by atoms with van der Waals surface area (Å²) < 4.78 is 6.27. The molecule has 174 valence electrons. The molecule has 2 amide bonds. The summed E-state index contributed by atoms with van der Waals surface area (Å²) in [7, 11) is 0. The average molecular weight is 456 g/mol. The maximum absolute atomic E-state index is 13.3. The van der Waals surface area contributed by atoms with E-state index in [0.29, 0.717) is 28.3 Å². The summed E-state index contributed by atoms with van der Waals surface area (Å²) in [6, 6.07) is 12.5. The van der Waals surface area contributed by atoms with Crippen LogP contribution in [0.15, 0.2) is 59.3 Å². The number of aromatic nitrogens is 1. The van der Waals surface area contributed by atoms with E-state index >= 15 is 0 Å². The van der Waals surface area contributed by atoms with Gasteiger partial charge in [-0.05, 0) is 93.5 Å². The van der Waals surface area contributed by atoms with Gasteiger partial charge >= 0.3 is 0 Å². The predicted octanol–water partition coefficient (Wildman–Crippen LogP) is 5.96. The van der Waals surface area contributed by atoms with Gasteiger partial charge in [-0.2, -0.15) is 0 Å². The van der Waals surface area contributed by atoms with E-state index in [1.807, 2.05) is 13.0 Å². The van der Waals surface area contributed by atoms with Gasteiger partial charge in [0.15, 0.2) is 0 Å². The molecule has 0 atom stereocenters. The number of nitrogens with one attached hydrogen (secondary N) is 2. The SMILES string of the molecule is Cc1oc(C23CC4CC(CC(C4)C2)C3)cc1C(=O)Nc1ccccc1C(=O)Nc1cccnc1. The van der Waals surface area contributed by atoms with Gasteiger partial charge < -0.3 is 15.1 Å². The van der Waals surface area contributed by atoms with Crippen LogP contribution in [0.25, 0.3) is 0 Å². The topological polar surface area (TPSA) is 84.2 Å². The summed E-state index contributed by atoms with van der Waals surface area (Å²) in [6.07, 6.45) is 10.9. The van der Waals surface area contributed by atoms with Crippen LogP contribution in [0.5, 0.6) is 0 Å². The monoisotopic (exact) mass is 455 g/mol. The van der Waals surface area contributed by atoms with Crippen molar-refractivity contribution in [1.82, 2.24) is 4.98 Å². The largest absolute Gasteiger partial charge is 0.465 e. The standard InChI is InChI=1S/C28H29N3O3/c1-17-23(12-25(34-17)28-13-18-9-19(14-28)11-20(10-18)15-28)27(33)31-24-7-3-2-6-22(24)26(32)30-21-5-4-8-29-16-21/h2-8,12,16,18-20H,9-11,13-15H2,1H3,(H,30,32)(H,31,33). The number of amides is 2. The highest BCUT2D eigenvalue weighted by molar-refractivity contribution is 6.12. The Morgan fingerprint density at radius 3 is 2.26 bits per heavy atom. The normalized spacial score (nSPS) is 26.9. The number of rotatable bonds is 5. The molecular formula is C28H29N3O3. The van der Waals surface area contributed by atoms with Crippen LogP contribution in [0.3, 0.4) is 0 Å². The van der Waals surface area contributed by atoms with E-state index in [9.17, 15) is 9.59 Å². The first-order valence-corrected chi connectivity index (χ1v) is 12.2. The van der Waals surface area contributed by atoms with Crippen LogP contribution in [0.1, 0.15) is 70.8 Å². The van der Waals surface area contributed by atoms with Gasteiger partial charge in [-0.1, -0.05) is 12.1 Å². The van der Waals surface area contributed by atoms with Gasteiger partial charge in [0.1, 0.15) is 11.5 Å². The molecule has 3 aromatic rings. The van der Waals surface area contributed by atoms with Gasteiger partial charge in [-0.15, -0.1) is 0 Å². The van der Waals surface area contributed by atoms with E-state index < -0.39 is 0 Å². The second kappa shape index (κ2) is 8.12. The highest BCUT2D eigenvalue weighted by Crippen LogP contribution is 2.61. The lowest BCUT2D eigenvalue weighted by molar-refractivity contribution is -0.0154. The second-order valence-corrected chi connectivity index (χ2v) is 10.5. The van der Waals surface area contributed by atoms with Crippen molar-refractivity contribution in [2.75, 3.05) is 10.6 Å². The number of aryl methyl sites for hydroxylation is 1. The first-order valence-electron chi connectivity index (χ1n) is 12.2. The van der Waals surface area contributed by atoms with Crippen LogP contribution in [-0.4, -0.2) is 16.8 Å². The summed E-state index contributed by atoms with van der Waals surface area (Å²) in [5.41, 5.74) is 2.10. The number of para-hydroxylation sites is 1. The average Bonchev–Trinajstić information content (AvgIpc) is 3.22. The molecule has 4 aliphatic rings. The Labute approximate surface area is 199 Å². The first-order chi connectivity index (χ1) is 16.5. The van der Waals surface area contributed by atoms with Crippen LogP contribution in [0, 0.1) is 24.7 Å². The van der Waals surface area contributed by atoms with Crippen molar-refractivity contribution in [2.24, 2.45) is 17.8 Å². The molecule has 0 aliphatic heterocycles. The quantitative estimate of drug-likeness (QED) is 0.497. The van der Waals surface area contributed by atoms with Crippen LogP contribution < -0.4 is 10.6 Å². The van der Waals surface area contributed by atoms with Gasteiger partial charge in [-0.3, -0.25) is 14.6 Å². The van der Waals surface area contributed by atoms with Gasteiger partial charge in [0, 0.05) is 11.6 Å². The van der Waals surface area contributed by atoms with E-state index in [1.54, 1.807) is 48.8 Å². The number of carbonyl (C=O) groups is 2. The minimum Gasteiger partial charge on any atom is -0.465 e. The Morgan fingerprint density at radius 2 is 1.59 bits per heavy atom. The zero-order valence-electron chi connectivity index (χ0n) is 19.3. The van der Waals surface area contributed by atoms with Crippen molar-refractivity contribution in [2.45, 2.75) is 50.9 Å². The Hall–Kier alpha value is -3.41. The molecule has 2 N–H and O–H groups in total. The lowest BCUT2D eigenvalue weighted by atomic mass is 9.49. The molecule has 0 radical (unpaired) electrons. The molecule has 4 saturated carbocycles. The number of nitrogens with zero attached hydrogens (tertiary/aromatic N) is 1. The lowest BCUT2D eigenvalue weighted by Gasteiger charge is -2.55. The predicted molar refractivity (Wildman–Crippen MR) is 130 cm³/mol. The Morgan fingerprint density at radius 1 is 0.912 bits per heavy atom. The number of pyridine rings is 1. The maximum atomic E-state index is 13.3. The third-order valence-corrected chi connectivity index (χ3v) is 8.06. The molecule has 1 aromatic carbocycles. The highest BCUT2D eigenvalue weighted by atomic mass is 16.3. The Kier molecular flexibility index (Phi) is 5.05. The molecule has 4 bridgehead atoms. The highest BCUT2D eigenvalue weighted by Gasteiger charge is 2.53. The third-order valence-electron chi connectivity index (χ3n) is 8.06. The van der Waals surface area contributed by atoms with Crippen molar-refractivity contribution in [3.63, 3.8) is 0 Å². The van der Waals surface area contributed by atoms with Crippen molar-refractivity contribution in [3.05, 3.63) is 77.5 Å². The Bertz CT molecular complexity index is 1210. The number of hydrogen-bond donors (Lipinski definition) is 2. The second-order valence-electron chi connectivity index (χ2n) is 10.5. The van der Waals surface area contributed by atoms with Gasteiger partial charge in [-0.25, -0.2) is 0 Å². The van der Waals surface area contributed by atoms with Crippen LogP contribution in [0.4, 0.5) is 11.4 Å². The van der Waals surface area contributed by atoms with Crippen molar-refractivity contribution < 1.29 is 14.0 Å². The van der Waals surface area contributed by atoms with E-state index in [-0.39, 0.29) is 17.2 Å². The van der Waals surface area contributed by atoms with Crippen molar-refractivity contribution >= 4 is 23.2 Å². The summed E-state index contributed by atoms with van der Waals surface area (Å²) in [5.74, 6) is 3.48.